The van der Waals surface area contributed by atoms with Gasteiger partial charge in [0.25, 0.3) is 0 Å². The van der Waals surface area contributed by atoms with E-state index in [-0.39, 0.29) is 29.6 Å². The zero-order valence-electron chi connectivity index (χ0n) is 24.5. The first-order valence-corrected chi connectivity index (χ1v) is 16.5. The van der Waals surface area contributed by atoms with E-state index in [1.165, 1.54) is 12.1 Å². The van der Waals surface area contributed by atoms with Crippen LogP contribution in [0.2, 0.25) is 0 Å². The predicted molar refractivity (Wildman–Crippen MR) is 166 cm³/mol. The van der Waals surface area contributed by atoms with E-state index in [9.17, 15) is 13.9 Å². The Balaban J connectivity index is 1.27. The number of aryl methyl sites for hydroxylation is 1. The van der Waals surface area contributed by atoms with Gasteiger partial charge in [-0.2, -0.15) is 21.7 Å². The van der Waals surface area contributed by atoms with E-state index in [4.69, 9.17) is 9.72 Å². The minimum absolute atomic E-state index is 0.0276. The minimum Gasteiger partial charge on any atom is -0.508 e. The van der Waals surface area contributed by atoms with Crippen molar-refractivity contribution < 1.29 is 23.0 Å². The minimum atomic E-state index is -0.894. The van der Waals surface area contributed by atoms with Crippen molar-refractivity contribution in [3.63, 3.8) is 0 Å². The van der Waals surface area contributed by atoms with E-state index >= 15 is 4.39 Å². The van der Waals surface area contributed by atoms with E-state index in [2.05, 4.69) is 19.8 Å². The molecule has 7 nitrogen and oxygen atoms in total. The Kier molecular flexibility index (Phi) is 6.82. The normalized spacial score (nSPS) is 26.6. The molecule has 0 aliphatic carbocycles. The molecule has 2 bridgehead atoms. The van der Waals surface area contributed by atoms with E-state index < -0.39 is 23.3 Å². The van der Waals surface area contributed by atoms with Crippen molar-refractivity contribution >= 4 is 39.3 Å². The summed E-state index contributed by atoms with van der Waals surface area (Å²) in [6, 6.07) is 5.97. The number of alkyl halides is 1. The van der Waals surface area contributed by atoms with Crippen LogP contribution in [-0.4, -0.2) is 80.0 Å². The van der Waals surface area contributed by atoms with Crippen molar-refractivity contribution in [2.75, 3.05) is 37.7 Å². The van der Waals surface area contributed by atoms with Gasteiger partial charge < -0.3 is 14.7 Å². The quantitative estimate of drug-likeness (QED) is 0.264. The third-order valence-corrected chi connectivity index (χ3v) is 11.5. The van der Waals surface area contributed by atoms with Crippen LogP contribution >= 0.6 is 11.8 Å². The number of halogens is 3. The molecule has 0 saturated carbocycles. The highest BCUT2D eigenvalue weighted by Gasteiger charge is 2.49. The summed E-state index contributed by atoms with van der Waals surface area (Å²) in [6.45, 7) is 4.88. The number of aromatic hydroxyl groups is 1. The standard InChI is InChI=1S/C33H34F3N5O2S/c1-2-23-26(35)7-4-18-10-20(42)11-24(27(18)23)29-28(36)30-25(13-37-29)31(40-15-21-5-6-22(16-40)44-21)39-32(38-30)43-17-33-8-3-9-41(33)14-19(34)12-33/h4,7,10-11,13,19,21-22,42H,2-3,5-6,8-9,12,14-17H2,1H3/t19-,21?,22?,33+/m1/s1. The fraction of sp³-hybridized carbons (Fsp3) is 0.485. The molecule has 8 rings (SSSR count). The molecule has 0 amide bonds. The van der Waals surface area contributed by atoms with Gasteiger partial charge in [-0.25, -0.2) is 13.2 Å². The summed E-state index contributed by atoms with van der Waals surface area (Å²) in [6.07, 6.45) is 5.57. The van der Waals surface area contributed by atoms with Gasteiger partial charge in [0.2, 0.25) is 0 Å². The Morgan fingerprint density at radius 1 is 1.11 bits per heavy atom. The molecular weight excluding hydrogens is 587 g/mol. The highest BCUT2D eigenvalue weighted by atomic mass is 32.2. The molecule has 6 heterocycles. The molecule has 44 heavy (non-hydrogen) atoms. The first kappa shape index (κ1) is 28.2. The predicted octanol–water partition coefficient (Wildman–Crippen LogP) is 6.43. The maximum atomic E-state index is 16.8. The highest BCUT2D eigenvalue weighted by molar-refractivity contribution is 8.00. The Morgan fingerprint density at radius 2 is 1.93 bits per heavy atom. The summed E-state index contributed by atoms with van der Waals surface area (Å²) >= 11 is 2.01. The second kappa shape index (κ2) is 10.7. The van der Waals surface area contributed by atoms with Crippen LogP contribution in [0.1, 0.15) is 44.6 Å². The Bertz CT molecular complexity index is 1780. The average Bonchev–Trinajstić information content (AvgIpc) is 3.66. The van der Waals surface area contributed by atoms with Crippen LogP contribution in [0.25, 0.3) is 32.9 Å². The van der Waals surface area contributed by atoms with Crippen LogP contribution in [-0.2, 0) is 6.42 Å². The van der Waals surface area contributed by atoms with Gasteiger partial charge in [-0.1, -0.05) is 13.0 Å². The number of hydrogen-bond donors (Lipinski definition) is 1. The maximum Gasteiger partial charge on any atom is 0.319 e. The molecule has 2 aromatic heterocycles. The van der Waals surface area contributed by atoms with Crippen molar-refractivity contribution in [1.29, 1.82) is 0 Å². The van der Waals surface area contributed by atoms with Gasteiger partial charge in [-0.05, 0) is 73.2 Å². The first-order valence-electron chi connectivity index (χ1n) is 15.5. The molecule has 2 aromatic carbocycles. The Hall–Kier alpha value is -3.31. The summed E-state index contributed by atoms with van der Waals surface area (Å²) in [5, 5.41) is 13.1. The lowest BCUT2D eigenvalue weighted by molar-refractivity contribution is 0.107. The number of fused-ring (bicyclic) bond motifs is 5. The number of thioether (sulfide) groups is 1. The van der Waals surface area contributed by atoms with Crippen LogP contribution in [0.4, 0.5) is 19.0 Å². The van der Waals surface area contributed by atoms with E-state index in [1.54, 1.807) is 18.3 Å². The van der Waals surface area contributed by atoms with E-state index in [0.717, 1.165) is 45.3 Å². The number of anilines is 1. The fourth-order valence-corrected chi connectivity index (χ4v) is 9.60. The smallest absolute Gasteiger partial charge is 0.319 e. The maximum absolute atomic E-state index is 16.8. The molecule has 230 valence electrons. The van der Waals surface area contributed by atoms with Crippen LogP contribution in [0.3, 0.4) is 0 Å². The number of phenols is 1. The Labute approximate surface area is 257 Å². The van der Waals surface area contributed by atoms with Crippen LogP contribution in [0.15, 0.2) is 30.5 Å². The van der Waals surface area contributed by atoms with Gasteiger partial charge >= 0.3 is 6.01 Å². The van der Waals surface area contributed by atoms with Crippen LogP contribution < -0.4 is 9.64 Å². The number of ether oxygens (including phenoxy) is 1. The van der Waals surface area contributed by atoms with Crippen molar-refractivity contribution in [3.8, 4) is 23.0 Å². The second-order valence-electron chi connectivity index (χ2n) is 12.7. The zero-order chi connectivity index (χ0) is 30.2. The van der Waals surface area contributed by atoms with Crippen LogP contribution in [0.5, 0.6) is 11.8 Å². The number of aromatic nitrogens is 3. The monoisotopic (exact) mass is 621 g/mol. The number of pyridine rings is 1. The molecule has 1 N–H and O–H groups in total. The molecule has 4 aliphatic rings. The van der Waals surface area contributed by atoms with Crippen molar-refractivity contribution in [2.45, 2.75) is 67.7 Å². The van der Waals surface area contributed by atoms with Gasteiger partial charge in [0.15, 0.2) is 5.82 Å². The summed E-state index contributed by atoms with van der Waals surface area (Å²) in [7, 11) is 0. The highest BCUT2D eigenvalue weighted by Crippen LogP contribution is 2.44. The summed E-state index contributed by atoms with van der Waals surface area (Å²) in [5.74, 6) is -0.571. The fourth-order valence-electron chi connectivity index (χ4n) is 7.98. The summed E-state index contributed by atoms with van der Waals surface area (Å²) in [5.41, 5.74) is 0.353. The molecule has 2 unspecified atom stereocenters. The number of nitrogens with zero attached hydrogens (tertiary/aromatic N) is 5. The largest absolute Gasteiger partial charge is 0.508 e. The number of rotatable bonds is 6. The molecule has 4 atom stereocenters. The lowest BCUT2D eigenvalue weighted by Gasteiger charge is -2.33. The molecule has 4 aromatic rings. The molecule has 4 fully saturated rings. The third kappa shape index (κ3) is 4.57. The zero-order valence-corrected chi connectivity index (χ0v) is 25.3. The molecule has 4 saturated heterocycles. The van der Waals surface area contributed by atoms with Crippen molar-refractivity contribution in [1.82, 2.24) is 19.9 Å². The summed E-state index contributed by atoms with van der Waals surface area (Å²) in [4.78, 5) is 18.3. The number of phenolic OH excluding ortho intramolecular Hbond substituents is 1. The van der Waals surface area contributed by atoms with E-state index in [1.807, 2.05) is 18.7 Å². The van der Waals surface area contributed by atoms with Gasteiger partial charge in [-0.3, -0.25) is 9.88 Å². The van der Waals surface area contributed by atoms with Crippen LogP contribution in [0, 0.1) is 11.6 Å². The topological polar surface area (TPSA) is 74.6 Å². The van der Waals surface area contributed by atoms with Crippen molar-refractivity contribution in [3.05, 3.63) is 47.7 Å². The average molecular weight is 622 g/mol. The van der Waals surface area contributed by atoms with Crippen molar-refractivity contribution in [2.24, 2.45) is 0 Å². The number of hydrogen-bond acceptors (Lipinski definition) is 8. The van der Waals surface area contributed by atoms with Gasteiger partial charge in [0.1, 0.15) is 41.4 Å². The molecule has 11 heteroatoms. The first-order chi connectivity index (χ1) is 21.3. The summed E-state index contributed by atoms with van der Waals surface area (Å²) < 4.78 is 52.4. The lowest BCUT2D eigenvalue weighted by atomic mass is 9.94. The SMILES string of the molecule is CCc1c(F)ccc2cc(O)cc(-c3ncc4c(N5CC6CCC(C5)S6)nc(OC[C@@]56CCCN5C[C@H](F)C6)nc4c3F)c12. The molecule has 0 radical (unpaired) electrons. The second-order valence-corrected chi connectivity index (χ2v) is 14.3. The van der Waals surface area contributed by atoms with E-state index in [0.29, 0.717) is 63.0 Å². The third-order valence-electron chi connectivity index (χ3n) is 9.98. The molecule has 0 spiro atoms. The van der Waals surface area contributed by atoms with Gasteiger partial charge in [0.05, 0.1) is 10.9 Å². The number of benzene rings is 2. The van der Waals surface area contributed by atoms with Gasteiger partial charge in [0, 0.05) is 48.3 Å². The Morgan fingerprint density at radius 3 is 2.73 bits per heavy atom. The molecular formula is C33H34F3N5O2S. The lowest BCUT2D eigenvalue weighted by Crippen LogP contribution is -2.43. The molecule has 4 aliphatic heterocycles. The van der Waals surface area contributed by atoms with Gasteiger partial charge in [-0.15, -0.1) is 0 Å².